The van der Waals surface area contributed by atoms with Crippen LogP contribution in [0.1, 0.15) is 5.56 Å². The van der Waals surface area contributed by atoms with Crippen molar-refractivity contribution in [3.8, 4) is 0 Å². The van der Waals surface area contributed by atoms with Crippen molar-refractivity contribution >= 4 is 25.8 Å². The van der Waals surface area contributed by atoms with E-state index in [0.717, 1.165) is 5.56 Å². The van der Waals surface area contributed by atoms with Crippen molar-refractivity contribution in [2.75, 3.05) is 0 Å². The Balaban J connectivity index is 2.36. The fourth-order valence-electron chi connectivity index (χ4n) is 1.47. The third kappa shape index (κ3) is 2.92. The summed E-state index contributed by atoms with van der Waals surface area (Å²) in [4.78, 5) is 4.15. The molecule has 0 unspecified atom stereocenters. The molecule has 88 valence electrons. The third-order valence-electron chi connectivity index (χ3n) is 2.26. The minimum Gasteiger partial charge on any atom is -0.248 e. The molecule has 3 nitrogen and oxygen atoms in total. The predicted octanol–water partition coefficient (Wildman–Crippen LogP) is 2.82. The fraction of sp³-hybridized carbons (Fsp3) is 0.0833. The molecule has 2 rings (SSSR count). The fourth-order valence-corrected chi connectivity index (χ4v) is 3.85. The van der Waals surface area contributed by atoms with Gasteiger partial charge in [0, 0.05) is 6.20 Å². The molecule has 0 saturated heterocycles. The molecule has 17 heavy (non-hydrogen) atoms. The van der Waals surface area contributed by atoms with Gasteiger partial charge in [-0.1, -0.05) is 30.3 Å². The lowest BCUT2D eigenvalue weighted by atomic mass is 10.2. The average Bonchev–Trinajstić information content (AvgIpc) is 2.30. The van der Waals surface area contributed by atoms with Gasteiger partial charge in [-0.3, -0.25) is 0 Å². The summed E-state index contributed by atoms with van der Waals surface area (Å²) in [7, 11) is -3.35. The molecular formula is C12H10BrNO2S. The number of sulfone groups is 1. The lowest BCUT2D eigenvalue weighted by molar-refractivity contribution is 0.594. The Bertz CT molecular complexity index is 611. The highest BCUT2D eigenvalue weighted by Crippen LogP contribution is 2.22. The molecular weight excluding hydrogens is 302 g/mol. The maximum Gasteiger partial charge on any atom is 0.185 e. The van der Waals surface area contributed by atoms with Crippen LogP contribution in [0.15, 0.2) is 58.2 Å². The first-order valence-electron chi connectivity index (χ1n) is 4.97. The van der Waals surface area contributed by atoms with E-state index in [-0.39, 0.29) is 10.6 Å². The molecule has 0 radical (unpaired) electrons. The molecule has 0 atom stereocenters. The van der Waals surface area contributed by atoms with Gasteiger partial charge in [0.15, 0.2) is 9.84 Å². The van der Waals surface area contributed by atoms with E-state index < -0.39 is 9.84 Å². The second-order valence-corrected chi connectivity index (χ2v) is 6.25. The van der Waals surface area contributed by atoms with Crippen LogP contribution in [0, 0.1) is 0 Å². The number of hydrogen-bond acceptors (Lipinski definition) is 3. The number of nitrogens with zero attached hydrogens (tertiary/aromatic N) is 1. The molecule has 2 aromatic rings. The van der Waals surface area contributed by atoms with Crippen LogP contribution in [0.25, 0.3) is 0 Å². The van der Waals surface area contributed by atoms with Gasteiger partial charge in [0.1, 0.15) is 4.60 Å². The Hall–Kier alpha value is -1.20. The summed E-state index contributed by atoms with van der Waals surface area (Å²) in [6.45, 7) is 0. The quantitative estimate of drug-likeness (QED) is 0.819. The number of pyridine rings is 1. The minimum absolute atomic E-state index is 0.0157. The van der Waals surface area contributed by atoms with Crippen LogP contribution in [0.2, 0.25) is 0 Å². The van der Waals surface area contributed by atoms with Gasteiger partial charge in [-0.05, 0) is 33.6 Å². The lowest BCUT2D eigenvalue weighted by Gasteiger charge is -2.05. The van der Waals surface area contributed by atoms with E-state index in [1.54, 1.807) is 30.5 Å². The van der Waals surface area contributed by atoms with E-state index in [9.17, 15) is 8.42 Å². The summed E-state index contributed by atoms with van der Waals surface area (Å²) in [5.41, 5.74) is 0.767. The normalized spacial score (nSPS) is 11.4. The van der Waals surface area contributed by atoms with E-state index in [1.165, 1.54) is 0 Å². The first-order valence-corrected chi connectivity index (χ1v) is 7.41. The largest absolute Gasteiger partial charge is 0.248 e. The number of aromatic nitrogens is 1. The number of benzene rings is 1. The van der Waals surface area contributed by atoms with Crippen molar-refractivity contribution in [1.82, 2.24) is 4.98 Å². The zero-order valence-corrected chi connectivity index (χ0v) is 11.3. The molecule has 1 aromatic heterocycles. The van der Waals surface area contributed by atoms with Crippen LogP contribution >= 0.6 is 15.9 Å². The van der Waals surface area contributed by atoms with E-state index in [4.69, 9.17) is 0 Å². The van der Waals surface area contributed by atoms with Crippen molar-refractivity contribution in [2.24, 2.45) is 0 Å². The summed E-state index contributed by atoms with van der Waals surface area (Å²) in [5.74, 6) is -0.0157. The van der Waals surface area contributed by atoms with E-state index in [2.05, 4.69) is 20.9 Å². The second kappa shape index (κ2) is 4.98. The summed E-state index contributed by atoms with van der Waals surface area (Å²) in [5, 5.41) is 0. The highest BCUT2D eigenvalue weighted by atomic mass is 79.9. The maximum atomic E-state index is 12.2. The van der Waals surface area contributed by atoms with Crippen LogP contribution in [-0.4, -0.2) is 13.4 Å². The van der Waals surface area contributed by atoms with E-state index >= 15 is 0 Å². The topological polar surface area (TPSA) is 47.0 Å². The highest BCUT2D eigenvalue weighted by Gasteiger charge is 2.18. The van der Waals surface area contributed by atoms with Crippen molar-refractivity contribution < 1.29 is 8.42 Å². The molecule has 0 N–H and O–H groups in total. The monoisotopic (exact) mass is 311 g/mol. The molecule has 1 heterocycles. The Morgan fingerprint density at radius 3 is 2.41 bits per heavy atom. The molecule has 0 aliphatic heterocycles. The SMILES string of the molecule is O=S(=O)(Cc1ccccc1)c1cccnc1Br. The van der Waals surface area contributed by atoms with Crippen LogP contribution in [0.5, 0.6) is 0 Å². The van der Waals surface area contributed by atoms with Gasteiger partial charge in [-0.15, -0.1) is 0 Å². The number of hydrogen-bond donors (Lipinski definition) is 0. The molecule has 0 fully saturated rings. The minimum atomic E-state index is -3.35. The Kier molecular flexibility index (Phi) is 3.59. The second-order valence-electron chi connectivity index (χ2n) is 3.54. The zero-order chi connectivity index (χ0) is 12.3. The van der Waals surface area contributed by atoms with Gasteiger partial charge in [0.05, 0.1) is 10.6 Å². The third-order valence-corrected chi connectivity index (χ3v) is 4.87. The Morgan fingerprint density at radius 2 is 1.76 bits per heavy atom. The molecule has 0 spiro atoms. The van der Waals surface area contributed by atoms with Crippen LogP contribution in [-0.2, 0) is 15.6 Å². The maximum absolute atomic E-state index is 12.2. The number of rotatable bonds is 3. The molecule has 0 aliphatic carbocycles. The molecule has 0 saturated carbocycles. The summed E-state index contributed by atoms with van der Waals surface area (Å²) in [6.07, 6.45) is 1.55. The smallest absolute Gasteiger partial charge is 0.185 e. The van der Waals surface area contributed by atoms with E-state index in [0.29, 0.717) is 4.60 Å². The van der Waals surface area contributed by atoms with Crippen molar-refractivity contribution in [2.45, 2.75) is 10.6 Å². The van der Waals surface area contributed by atoms with Gasteiger partial charge >= 0.3 is 0 Å². The predicted molar refractivity (Wildman–Crippen MR) is 69.3 cm³/mol. The lowest BCUT2D eigenvalue weighted by Crippen LogP contribution is -2.06. The summed E-state index contributed by atoms with van der Waals surface area (Å²) >= 11 is 3.16. The summed E-state index contributed by atoms with van der Waals surface area (Å²) < 4.78 is 24.7. The Morgan fingerprint density at radius 1 is 1.06 bits per heavy atom. The standard InChI is InChI=1S/C12H10BrNO2S/c13-12-11(7-4-8-14-12)17(15,16)9-10-5-2-1-3-6-10/h1-8H,9H2. The van der Waals surface area contributed by atoms with Gasteiger partial charge in [0.25, 0.3) is 0 Å². The first-order chi connectivity index (χ1) is 8.09. The van der Waals surface area contributed by atoms with Crippen LogP contribution < -0.4 is 0 Å². The highest BCUT2D eigenvalue weighted by molar-refractivity contribution is 9.10. The van der Waals surface area contributed by atoms with Crippen molar-refractivity contribution in [3.05, 3.63) is 58.8 Å². The van der Waals surface area contributed by atoms with Crippen molar-refractivity contribution in [3.63, 3.8) is 0 Å². The molecule has 0 amide bonds. The van der Waals surface area contributed by atoms with Gasteiger partial charge < -0.3 is 0 Å². The van der Waals surface area contributed by atoms with Gasteiger partial charge in [-0.2, -0.15) is 0 Å². The zero-order valence-electron chi connectivity index (χ0n) is 8.88. The van der Waals surface area contributed by atoms with Crippen LogP contribution in [0.4, 0.5) is 0 Å². The summed E-state index contributed by atoms with van der Waals surface area (Å²) in [6, 6.07) is 12.3. The van der Waals surface area contributed by atoms with Crippen LogP contribution in [0.3, 0.4) is 0 Å². The molecule has 0 aliphatic rings. The first kappa shape index (κ1) is 12.3. The Labute approximate surface area is 109 Å². The molecule has 0 bridgehead atoms. The van der Waals surface area contributed by atoms with E-state index in [1.807, 2.05) is 18.2 Å². The van der Waals surface area contributed by atoms with Gasteiger partial charge in [0.2, 0.25) is 0 Å². The van der Waals surface area contributed by atoms with Crippen molar-refractivity contribution in [1.29, 1.82) is 0 Å². The molecule has 1 aromatic carbocycles. The average molecular weight is 312 g/mol. The van der Waals surface area contributed by atoms with Gasteiger partial charge in [-0.25, -0.2) is 13.4 Å². The number of halogens is 1. The molecule has 5 heteroatoms.